The molecule has 3 fully saturated rings. The quantitative estimate of drug-likeness (QED) is 0.199. The highest BCUT2D eigenvalue weighted by Gasteiger charge is 2.63. The first-order valence-electron chi connectivity index (χ1n) is 14.7. The average Bonchev–Trinajstić information content (AvgIpc) is 3.13. The summed E-state index contributed by atoms with van der Waals surface area (Å²) in [5, 5.41) is 0. The molecule has 4 rings (SSSR count). The molecular weight excluding hydrogens is 414 g/mol. The van der Waals surface area contributed by atoms with Crippen LogP contribution in [0.25, 0.3) is 0 Å². The Morgan fingerprint density at radius 3 is 2.68 bits per heavy atom. The summed E-state index contributed by atoms with van der Waals surface area (Å²) >= 11 is 0. The van der Waals surface area contributed by atoms with Crippen molar-refractivity contribution < 1.29 is 4.79 Å². The second-order valence-electron chi connectivity index (χ2n) is 13.8. The molecule has 4 aliphatic rings. The minimum absolute atomic E-state index is 0.00166. The fourth-order valence-electron chi connectivity index (χ4n) is 9.43. The topological polar surface area (TPSA) is 43.1 Å². The Morgan fingerprint density at radius 1 is 1.15 bits per heavy atom. The van der Waals surface area contributed by atoms with Crippen LogP contribution in [0.1, 0.15) is 124 Å². The monoisotopic (exact) mass is 467 g/mol. The van der Waals surface area contributed by atoms with E-state index in [0.717, 1.165) is 37.4 Å². The van der Waals surface area contributed by atoms with Crippen molar-refractivity contribution in [2.24, 2.45) is 46.2 Å². The summed E-state index contributed by atoms with van der Waals surface area (Å²) in [5.41, 5.74) is 11.3. The van der Waals surface area contributed by atoms with E-state index in [0.29, 0.717) is 35.0 Å². The van der Waals surface area contributed by atoms with E-state index in [1.165, 1.54) is 76.2 Å². The number of fused-ring (bicyclic) bond motifs is 5. The standard InChI is InChI=1S/C32H53NO/c1-23(2)9-6-7-11-26-12-13-28-30(26,4)18-16-29-31(5)17-14-25(21-24(3)10-8-20-34)22-27(31)15-19-32(28,29)33/h15,20,23,25-26,28-29H,3,6-14,16-19,21-22,33H2,1-2,4-5H3. The zero-order chi connectivity index (χ0) is 24.6. The smallest absolute Gasteiger partial charge is 0.120 e. The van der Waals surface area contributed by atoms with Crippen LogP contribution in [0.3, 0.4) is 0 Å². The van der Waals surface area contributed by atoms with E-state index in [9.17, 15) is 4.79 Å². The molecule has 4 aliphatic carbocycles. The first-order valence-corrected chi connectivity index (χ1v) is 14.7. The molecular formula is C32H53NO. The van der Waals surface area contributed by atoms with E-state index in [2.05, 4.69) is 40.3 Å². The molecule has 0 amide bonds. The Kier molecular flexibility index (Phi) is 7.88. The fraction of sp³-hybridized carbons (Fsp3) is 0.844. The molecule has 0 saturated heterocycles. The van der Waals surface area contributed by atoms with Gasteiger partial charge in [0, 0.05) is 12.0 Å². The summed E-state index contributed by atoms with van der Waals surface area (Å²) in [5.74, 6) is 3.78. The van der Waals surface area contributed by atoms with E-state index >= 15 is 0 Å². The maximum absolute atomic E-state index is 10.7. The highest BCUT2D eigenvalue weighted by molar-refractivity contribution is 5.49. The Hall–Kier alpha value is -0.890. The maximum atomic E-state index is 10.7. The van der Waals surface area contributed by atoms with Gasteiger partial charge in [-0.1, -0.05) is 70.8 Å². The molecule has 34 heavy (non-hydrogen) atoms. The van der Waals surface area contributed by atoms with Crippen LogP contribution in [0.5, 0.6) is 0 Å². The first kappa shape index (κ1) is 26.2. The zero-order valence-corrected chi connectivity index (χ0v) is 22.8. The molecule has 0 aliphatic heterocycles. The molecule has 0 spiro atoms. The Balaban J connectivity index is 1.44. The molecule has 0 aromatic heterocycles. The van der Waals surface area contributed by atoms with E-state index < -0.39 is 0 Å². The van der Waals surface area contributed by atoms with Crippen molar-refractivity contribution >= 4 is 6.29 Å². The largest absolute Gasteiger partial charge is 0.324 e. The van der Waals surface area contributed by atoms with Crippen molar-refractivity contribution in [1.82, 2.24) is 0 Å². The minimum atomic E-state index is -0.00166. The SMILES string of the molecule is C=C(CCC=O)CC1CCC2(C)C(=CCC3(N)C2CCC2(C)C(CCCCC(C)C)CCC23)C1. The van der Waals surface area contributed by atoms with Crippen LogP contribution in [0.2, 0.25) is 0 Å². The lowest BCUT2D eigenvalue weighted by Gasteiger charge is -2.63. The maximum Gasteiger partial charge on any atom is 0.120 e. The highest BCUT2D eigenvalue weighted by atomic mass is 16.1. The van der Waals surface area contributed by atoms with Gasteiger partial charge in [-0.15, -0.1) is 0 Å². The van der Waals surface area contributed by atoms with Gasteiger partial charge in [-0.2, -0.15) is 0 Å². The molecule has 0 radical (unpaired) electrons. The molecule has 192 valence electrons. The first-order chi connectivity index (χ1) is 16.1. The van der Waals surface area contributed by atoms with Crippen molar-refractivity contribution in [3.63, 3.8) is 0 Å². The Labute approximate surface area is 210 Å². The van der Waals surface area contributed by atoms with Gasteiger partial charge in [-0.3, -0.25) is 0 Å². The Morgan fingerprint density at radius 2 is 1.94 bits per heavy atom. The normalized spacial score (nSPS) is 41.4. The number of hydrogen-bond acceptors (Lipinski definition) is 2. The predicted molar refractivity (Wildman–Crippen MR) is 144 cm³/mol. The minimum Gasteiger partial charge on any atom is -0.324 e. The van der Waals surface area contributed by atoms with Crippen molar-refractivity contribution in [2.75, 3.05) is 0 Å². The van der Waals surface area contributed by atoms with Gasteiger partial charge in [-0.05, 0) is 111 Å². The van der Waals surface area contributed by atoms with Crippen LogP contribution in [-0.4, -0.2) is 11.8 Å². The number of allylic oxidation sites excluding steroid dienone is 2. The van der Waals surface area contributed by atoms with Crippen LogP contribution in [0.4, 0.5) is 0 Å². The van der Waals surface area contributed by atoms with Gasteiger partial charge in [0.05, 0.1) is 0 Å². The molecule has 0 aromatic carbocycles. The number of hydrogen-bond donors (Lipinski definition) is 1. The summed E-state index contributed by atoms with van der Waals surface area (Å²) in [6.07, 6.45) is 22.2. The number of aldehydes is 1. The summed E-state index contributed by atoms with van der Waals surface area (Å²) < 4.78 is 0. The van der Waals surface area contributed by atoms with Crippen LogP contribution in [0.15, 0.2) is 23.8 Å². The molecule has 2 N–H and O–H groups in total. The van der Waals surface area contributed by atoms with Crippen LogP contribution < -0.4 is 5.73 Å². The number of rotatable bonds is 10. The van der Waals surface area contributed by atoms with Crippen LogP contribution in [-0.2, 0) is 4.79 Å². The third-order valence-corrected chi connectivity index (χ3v) is 11.4. The van der Waals surface area contributed by atoms with E-state index in [4.69, 9.17) is 5.73 Å². The molecule has 7 unspecified atom stereocenters. The van der Waals surface area contributed by atoms with Crippen molar-refractivity contribution in [3.05, 3.63) is 23.8 Å². The van der Waals surface area contributed by atoms with E-state index in [-0.39, 0.29) is 5.54 Å². The highest BCUT2D eigenvalue weighted by Crippen LogP contribution is 2.67. The molecule has 3 saturated carbocycles. The van der Waals surface area contributed by atoms with Gasteiger partial charge in [-0.25, -0.2) is 0 Å². The summed E-state index contributed by atoms with van der Waals surface area (Å²) in [6, 6.07) is 0. The van der Waals surface area contributed by atoms with Crippen molar-refractivity contribution in [1.29, 1.82) is 0 Å². The van der Waals surface area contributed by atoms with Gasteiger partial charge in [0.15, 0.2) is 0 Å². The number of carbonyl (C=O) groups excluding carboxylic acids is 1. The second-order valence-corrected chi connectivity index (χ2v) is 13.8. The van der Waals surface area contributed by atoms with E-state index in [1.807, 2.05) is 0 Å². The lowest BCUT2D eigenvalue weighted by atomic mass is 9.44. The molecule has 0 heterocycles. The fourth-order valence-corrected chi connectivity index (χ4v) is 9.43. The van der Waals surface area contributed by atoms with Gasteiger partial charge >= 0.3 is 0 Å². The molecule has 0 aromatic rings. The summed E-state index contributed by atoms with van der Waals surface area (Å²) in [4.78, 5) is 10.7. The lowest BCUT2D eigenvalue weighted by molar-refractivity contribution is -0.107. The molecule has 0 bridgehead atoms. The van der Waals surface area contributed by atoms with Gasteiger partial charge in [0.1, 0.15) is 6.29 Å². The summed E-state index contributed by atoms with van der Waals surface area (Å²) in [7, 11) is 0. The number of unbranched alkanes of at least 4 members (excludes halogenated alkanes) is 1. The van der Waals surface area contributed by atoms with Crippen LogP contribution >= 0.6 is 0 Å². The van der Waals surface area contributed by atoms with E-state index in [1.54, 1.807) is 5.57 Å². The number of carbonyl (C=O) groups is 1. The zero-order valence-electron chi connectivity index (χ0n) is 22.8. The molecule has 7 atom stereocenters. The summed E-state index contributed by atoms with van der Waals surface area (Å²) in [6.45, 7) is 14.2. The molecule has 2 nitrogen and oxygen atoms in total. The van der Waals surface area contributed by atoms with Crippen molar-refractivity contribution in [3.8, 4) is 0 Å². The third kappa shape index (κ3) is 4.74. The van der Waals surface area contributed by atoms with Crippen LogP contribution in [0, 0.1) is 40.4 Å². The van der Waals surface area contributed by atoms with Gasteiger partial charge < -0.3 is 10.5 Å². The third-order valence-electron chi connectivity index (χ3n) is 11.4. The lowest BCUT2D eigenvalue weighted by Crippen LogP contribution is -2.66. The second kappa shape index (κ2) is 10.2. The van der Waals surface area contributed by atoms with Gasteiger partial charge in [0.25, 0.3) is 0 Å². The predicted octanol–water partition coefficient (Wildman–Crippen LogP) is 8.40. The van der Waals surface area contributed by atoms with Gasteiger partial charge in [0.2, 0.25) is 0 Å². The molecule has 2 heteroatoms. The average molecular weight is 468 g/mol. The number of nitrogens with two attached hydrogens (primary N) is 1. The Bertz CT molecular complexity index is 782. The van der Waals surface area contributed by atoms with Crippen molar-refractivity contribution in [2.45, 2.75) is 130 Å².